The van der Waals surface area contributed by atoms with Gasteiger partial charge in [-0.15, -0.1) is 0 Å². The van der Waals surface area contributed by atoms with Crippen LogP contribution in [-0.4, -0.2) is 18.1 Å². The van der Waals surface area contributed by atoms with Crippen molar-refractivity contribution in [2.45, 2.75) is 13.3 Å². The third kappa shape index (κ3) is 1.86. The van der Waals surface area contributed by atoms with E-state index in [1.165, 1.54) is 26.3 Å². The number of hydrogen-bond donors (Lipinski definition) is 0. The number of halogens is 2. The van der Waals surface area contributed by atoms with Crippen molar-refractivity contribution < 1.29 is 18.3 Å². The molecule has 1 aromatic heterocycles. The smallest absolute Gasteiger partial charge is 0.356 e. The Bertz CT molecular complexity index is 353. The first-order valence-corrected chi connectivity index (χ1v) is 3.90. The van der Waals surface area contributed by atoms with Crippen LogP contribution in [0.5, 0.6) is 0 Å². The molecule has 0 atom stereocenters. The van der Waals surface area contributed by atoms with Crippen molar-refractivity contribution in [1.82, 2.24) is 4.98 Å². The molecule has 0 aliphatic carbocycles. The predicted molar refractivity (Wildman–Crippen MR) is 45.3 cm³/mol. The second kappa shape index (κ2) is 4.13. The number of esters is 1. The van der Waals surface area contributed by atoms with Gasteiger partial charge in [0.05, 0.1) is 7.11 Å². The van der Waals surface area contributed by atoms with Crippen LogP contribution < -0.4 is 0 Å². The Morgan fingerprint density at radius 1 is 1.57 bits per heavy atom. The molecule has 0 aromatic carbocycles. The van der Waals surface area contributed by atoms with Crippen LogP contribution in [0.25, 0.3) is 0 Å². The van der Waals surface area contributed by atoms with E-state index in [0.29, 0.717) is 0 Å². The van der Waals surface area contributed by atoms with E-state index < -0.39 is 12.4 Å². The first-order chi connectivity index (χ1) is 6.57. The zero-order valence-corrected chi connectivity index (χ0v) is 7.75. The van der Waals surface area contributed by atoms with Gasteiger partial charge in [-0.3, -0.25) is 0 Å². The Balaban J connectivity index is 3.20. The van der Waals surface area contributed by atoms with Crippen LogP contribution in [-0.2, 0) is 4.74 Å². The Hall–Kier alpha value is -1.52. The van der Waals surface area contributed by atoms with Gasteiger partial charge in [0.2, 0.25) is 0 Å². The largest absolute Gasteiger partial charge is 0.464 e. The van der Waals surface area contributed by atoms with Crippen LogP contribution in [0.4, 0.5) is 8.78 Å². The fourth-order valence-corrected chi connectivity index (χ4v) is 1.09. The van der Waals surface area contributed by atoms with Crippen LogP contribution in [0.2, 0.25) is 0 Å². The lowest BCUT2D eigenvalue weighted by Gasteiger charge is -2.07. The summed E-state index contributed by atoms with van der Waals surface area (Å²) in [6.07, 6.45) is -1.44. The lowest BCUT2D eigenvalue weighted by Crippen LogP contribution is -2.08. The first kappa shape index (κ1) is 10.6. The van der Waals surface area contributed by atoms with Gasteiger partial charge < -0.3 is 4.74 Å². The van der Waals surface area contributed by atoms with Crippen molar-refractivity contribution in [1.29, 1.82) is 0 Å². The number of carbonyl (C=O) groups is 1. The van der Waals surface area contributed by atoms with E-state index in [2.05, 4.69) is 9.72 Å². The minimum atomic E-state index is -2.61. The lowest BCUT2D eigenvalue weighted by atomic mass is 10.1. The number of ether oxygens (including phenoxy) is 1. The molecular formula is C9H9F2NO2. The fraction of sp³-hybridized carbons (Fsp3) is 0.333. The summed E-state index contributed by atoms with van der Waals surface area (Å²) in [4.78, 5) is 14.8. The average molecular weight is 201 g/mol. The van der Waals surface area contributed by atoms with E-state index in [1.54, 1.807) is 0 Å². The highest BCUT2D eigenvalue weighted by Gasteiger charge is 2.18. The van der Waals surface area contributed by atoms with Gasteiger partial charge in [0.1, 0.15) is 0 Å². The maximum absolute atomic E-state index is 12.4. The molecule has 0 bridgehead atoms. The molecule has 1 rings (SSSR count). The van der Waals surface area contributed by atoms with Crippen molar-refractivity contribution in [2.24, 2.45) is 0 Å². The summed E-state index contributed by atoms with van der Waals surface area (Å²) in [6.45, 7) is 1.42. The molecule has 1 heterocycles. The zero-order valence-electron chi connectivity index (χ0n) is 7.75. The molecule has 14 heavy (non-hydrogen) atoms. The Morgan fingerprint density at radius 3 is 2.71 bits per heavy atom. The second-order valence-corrected chi connectivity index (χ2v) is 2.67. The van der Waals surface area contributed by atoms with Crippen LogP contribution in [0.15, 0.2) is 12.3 Å². The van der Waals surface area contributed by atoms with Crippen molar-refractivity contribution in [2.75, 3.05) is 7.11 Å². The van der Waals surface area contributed by atoms with Gasteiger partial charge >= 0.3 is 5.97 Å². The third-order valence-corrected chi connectivity index (χ3v) is 1.86. The molecule has 0 aliphatic rings. The molecular weight excluding hydrogens is 192 g/mol. The molecule has 0 unspecified atom stereocenters. The molecule has 0 radical (unpaired) electrons. The van der Waals surface area contributed by atoms with E-state index >= 15 is 0 Å². The summed E-state index contributed by atoms with van der Waals surface area (Å²) in [5, 5.41) is 0. The highest BCUT2D eigenvalue weighted by atomic mass is 19.3. The van der Waals surface area contributed by atoms with Crippen molar-refractivity contribution in [3.8, 4) is 0 Å². The molecule has 0 aliphatic heterocycles. The molecule has 0 spiro atoms. The van der Waals surface area contributed by atoms with Gasteiger partial charge in [0.25, 0.3) is 6.43 Å². The quantitative estimate of drug-likeness (QED) is 0.688. The predicted octanol–water partition coefficient (Wildman–Crippen LogP) is 2.11. The lowest BCUT2D eigenvalue weighted by molar-refractivity contribution is 0.0592. The van der Waals surface area contributed by atoms with E-state index in [1.807, 2.05) is 0 Å². The van der Waals surface area contributed by atoms with Gasteiger partial charge in [0.15, 0.2) is 5.69 Å². The molecule has 3 nitrogen and oxygen atoms in total. The maximum Gasteiger partial charge on any atom is 0.356 e. The van der Waals surface area contributed by atoms with Gasteiger partial charge in [0, 0.05) is 11.8 Å². The molecule has 1 aromatic rings. The number of pyridine rings is 1. The van der Waals surface area contributed by atoms with E-state index in [4.69, 9.17) is 0 Å². The van der Waals surface area contributed by atoms with Crippen molar-refractivity contribution in [3.63, 3.8) is 0 Å². The highest BCUT2D eigenvalue weighted by Crippen LogP contribution is 2.23. The summed E-state index contributed by atoms with van der Waals surface area (Å²) in [5.41, 5.74) is -0.0972. The average Bonchev–Trinajstić information content (AvgIpc) is 2.16. The van der Waals surface area contributed by atoms with Gasteiger partial charge in [-0.05, 0) is 18.6 Å². The minimum absolute atomic E-state index is 0.0645. The first-order valence-electron chi connectivity index (χ1n) is 3.90. The molecule has 0 fully saturated rings. The Labute approximate surface area is 79.7 Å². The number of rotatable bonds is 2. The summed E-state index contributed by atoms with van der Waals surface area (Å²) in [5.74, 6) is -0.704. The summed E-state index contributed by atoms with van der Waals surface area (Å²) in [7, 11) is 1.18. The molecule has 5 heteroatoms. The number of carbonyl (C=O) groups excluding carboxylic acids is 1. The normalized spacial score (nSPS) is 10.4. The molecule has 0 saturated heterocycles. The Morgan fingerprint density at radius 2 is 2.21 bits per heavy atom. The number of hydrogen-bond acceptors (Lipinski definition) is 3. The van der Waals surface area contributed by atoms with Crippen LogP contribution >= 0.6 is 0 Å². The topological polar surface area (TPSA) is 39.2 Å². The standard InChI is InChI=1S/C9H9F2NO2/c1-5-6(8(10)11)3-4-12-7(5)9(13)14-2/h3-4,8H,1-2H3. The molecule has 76 valence electrons. The summed E-state index contributed by atoms with van der Waals surface area (Å²) < 4.78 is 29.2. The SMILES string of the molecule is COC(=O)c1nccc(C(F)F)c1C. The van der Waals surface area contributed by atoms with Crippen molar-refractivity contribution >= 4 is 5.97 Å². The third-order valence-electron chi connectivity index (χ3n) is 1.86. The van der Waals surface area contributed by atoms with Crippen LogP contribution in [0, 0.1) is 6.92 Å². The van der Waals surface area contributed by atoms with Crippen molar-refractivity contribution in [3.05, 3.63) is 29.1 Å². The summed E-state index contributed by atoms with van der Waals surface area (Å²) in [6, 6.07) is 1.19. The second-order valence-electron chi connectivity index (χ2n) is 2.67. The fourth-order valence-electron chi connectivity index (χ4n) is 1.09. The summed E-state index contributed by atoms with van der Waals surface area (Å²) >= 11 is 0. The van der Waals surface area contributed by atoms with Crippen LogP contribution in [0.3, 0.4) is 0 Å². The van der Waals surface area contributed by atoms with Crippen LogP contribution in [0.1, 0.15) is 28.0 Å². The van der Waals surface area contributed by atoms with E-state index in [-0.39, 0.29) is 16.8 Å². The van der Waals surface area contributed by atoms with Gasteiger partial charge in [-0.1, -0.05) is 0 Å². The Kier molecular flexibility index (Phi) is 3.11. The zero-order chi connectivity index (χ0) is 10.7. The molecule has 0 N–H and O–H groups in total. The number of aromatic nitrogens is 1. The number of alkyl halides is 2. The monoisotopic (exact) mass is 201 g/mol. The molecule has 0 amide bonds. The van der Waals surface area contributed by atoms with E-state index in [9.17, 15) is 13.6 Å². The van der Waals surface area contributed by atoms with Gasteiger partial charge in [-0.25, -0.2) is 18.6 Å². The highest BCUT2D eigenvalue weighted by molar-refractivity contribution is 5.89. The number of methoxy groups -OCH3 is 1. The number of nitrogens with zero attached hydrogens (tertiary/aromatic N) is 1. The maximum atomic E-state index is 12.4. The van der Waals surface area contributed by atoms with E-state index in [0.717, 1.165) is 0 Å². The molecule has 0 saturated carbocycles. The minimum Gasteiger partial charge on any atom is -0.464 e. The van der Waals surface area contributed by atoms with Gasteiger partial charge in [-0.2, -0.15) is 0 Å².